The zero-order chi connectivity index (χ0) is 15.7. The van der Waals surface area contributed by atoms with Crippen LogP contribution in [0.3, 0.4) is 0 Å². The molecular formula is C13H12ClN3O4. The summed E-state index contributed by atoms with van der Waals surface area (Å²) in [5, 5.41) is 3.13. The van der Waals surface area contributed by atoms with Crippen LogP contribution in [0.5, 0.6) is 0 Å². The molecule has 5 N–H and O–H groups in total. The van der Waals surface area contributed by atoms with E-state index < -0.39 is 23.8 Å². The normalized spacial score (nSPS) is 10.8. The third kappa shape index (κ3) is 2.68. The summed E-state index contributed by atoms with van der Waals surface area (Å²) in [6.07, 6.45) is 0. The molecule has 0 unspecified atom stereocenters. The Labute approximate surface area is 124 Å². The lowest BCUT2D eigenvalue weighted by molar-refractivity contribution is -0.128. The molecule has 0 aliphatic rings. The van der Waals surface area contributed by atoms with Crippen LogP contribution in [0.25, 0.3) is 11.0 Å². The van der Waals surface area contributed by atoms with E-state index in [-0.39, 0.29) is 5.76 Å². The maximum atomic E-state index is 12.1. The molecule has 0 aliphatic carbocycles. The molecule has 3 amide bonds. The molecule has 0 bridgehead atoms. The van der Waals surface area contributed by atoms with Gasteiger partial charge in [0, 0.05) is 10.9 Å². The molecule has 0 saturated heterocycles. The number of amides is 3. The Morgan fingerprint density at radius 1 is 1.24 bits per heavy atom. The number of carbonyl (C=O) groups is 3. The first kappa shape index (κ1) is 14.9. The van der Waals surface area contributed by atoms with Gasteiger partial charge in [-0.05, 0) is 13.0 Å². The van der Waals surface area contributed by atoms with Crippen LogP contribution < -0.4 is 16.8 Å². The number of benzene rings is 1. The van der Waals surface area contributed by atoms with Gasteiger partial charge in [0.1, 0.15) is 0 Å². The average molecular weight is 310 g/mol. The highest BCUT2D eigenvalue weighted by Crippen LogP contribution is 2.30. The van der Waals surface area contributed by atoms with Crippen molar-refractivity contribution in [1.82, 2.24) is 5.32 Å². The summed E-state index contributed by atoms with van der Waals surface area (Å²) in [7, 11) is 0. The molecule has 1 aromatic heterocycles. The highest BCUT2D eigenvalue weighted by Gasteiger charge is 2.27. The molecule has 0 atom stereocenters. The maximum Gasteiger partial charge on any atom is 0.288 e. The second kappa shape index (κ2) is 5.45. The highest BCUT2D eigenvalue weighted by atomic mass is 35.5. The largest absolute Gasteiger partial charge is 0.449 e. The second-order valence-corrected chi connectivity index (χ2v) is 4.79. The van der Waals surface area contributed by atoms with Gasteiger partial charge in [0.25, 0.3) is 5.91 Å². The van der Waals surface area contributed by atoms with Crippen LogP contribution in [-0.2, 0) is 9.59 Å². The average Bonchev–Trinajstić information content (AvgIpc) is 2.74. The van der Waals surface area contributed by atoms with Crippen molar-refractivity contribution >= 4 is 40.3 Å². The molecule has 1 aromatic carbocycles. The first-order chi connectivity index (χ1) is 9.82. The standard InChI is InChI=1S/C13H12ClN3O4/c1-5-6-3-2-4-7(14)10(6)21-9(5)13(20)17-8(11(15)18)12(16)19/h2-4,8H,1H3,(H2,15,18)(H2,16,19)(H,17,20). The van der Waals surface area contributed by atoms with Crippen molar-refractivity contribution in [3.63, 3.8) is 0 Å². The van der Waals surface area contributed by atoms with Gasteiger partial charge in [0.05, 0.1) is 5.02 Å². The minimum Gasteiger partial charge on any atom is -0.449 e. The SMILES string of the molecule is Cc1c(C(=O)NC(C(N)=O)C(N)=O)oc2c(Cl)cccc12. The summed E-state index contributed by atoms with van der Waals surface area (Å²) >= 11 is 5.98. The lowest BCUT2D eigenvalue weighted by Crippen LogP contribution is -2.52. The fourth-order valence-corrected chi connectivity index (χ4v) is 2.12. The number of rotatable bonds is 4. The molecule has 7 nitrogen and oxygen atoms in total. The molecule has 0 saturated carbocycles. The van der Waals surface area contributed by atoms with Crippen molar-refractivity contribution in [2.75, 3.05) is 0 Å². The van der Waals surface area contributed by atoms with E-state index >= 15 is 0 Å². The van der Waals surface area contributed by atoms with E-state index in [9.17, 15) is 14.4 Å². The van der Waals surface area contributed by atoms with Gasteiger partial charge in [-0.2, -0.15) is 0 Å². The molecule has 0 radical (unpaired) electrons. The quantitative estimate of drug-likeness (QED) is 0.709. The van der Waals surface area contributed by atoms with E-state index in [1.807, 2.05) is 0 Å². The van der Waals surface area contributed by atoms with Crippen LogP contribution in [0.1, 0.15) is 16.1 Å². The summed E-state index contributed by atoms with van der Waals surface area (Å²) in [4.78, 5) is 34.3. The smallest absolute Gasteiger partial charge is 0.288 e. The van der Waals surface area contributed by atoms with E-state index in [1.165, 1.54) is 0 Å². The van der Waals surface area contributed by atoms with Crippen LogP contribution in [0.4, 0.5) is 0 Å². The fraction of sp³-hybridized carbons (Fsp3) is 0.154. The Kier molecular flexibility index (Phi) is 3.86. The van der Waals surface area contributed by atoms with Crippen LogP contribution in [0.2, 0.25) is 5.02 Å². The molecule has 110 valence electrons. The van der Waals surface area contributed by atoms with E-state index in [1.54, 1.807) is 25.1 Å². The van der Waals surface area contributed by atoms with Crippen LogP contribution >= 0.6 is 11.6 Å². The van der Waals surface area contributed by atoms with Crippen LogP contribution in [0.15, 0.2) is 22.6 Å². The van der Waals surface area contributed by atoms with E-state index in [0.29, 0.717) is 21.6 Å². The predicted molar refractivity (Wildman–Crippen MR) is 75.6 cm³/mol. The highest BCUT2D eigenvalue weighted by molar-refractivity contribution is 6.35. The Hall–Kier alpha value is -2.54. The molecule has 21 heavy (non-hydrogen) atoms. The van der Waals surface area contributed by atoms with Crippen molar-refractivity contribution in [2.45, 2.75) is 13.0 Å². The third-order valence-electron chi connectivity index (χ3n) is 2.97. The molecule has 0 spiro atoms. The molecule has 8 heteroatoms. The number of hydrogen-bond donors (Lipinski definition) is 3. The molecule has 0 aliphatic heterocycles. The Morgan fingerprint density at radius 2 is 1.86 bits per heavy atom. The van der Waals surface area contributed by atoms with Gasteiger partial charge in [-0.25, -0.2) is 0 Å². The van der Waals surface area contributed by atoms with Crippen molar-refractivity contribution in [2.24, 2.45) is 11.5 Å². The minimum atomic E-state index is -1.61. The van der Waals surface area contributed by atoms with Crippen molar-refractivity contribution < 1.29 is 18.8 Å². The summed E-state index contributed by atoms with van der Waals surface area (Å²) in [6, 6.07) is 3.45. The van der Waals surface area contributed by atoms with E-state index in [4.69, 9.17) is 27.5 Å². The number of carbonyl (C=O) groups excluding carboxylic acids is 3. The number of nitrogens with one attached hydrogen (secondary N) is 1. The number of fused-ring (bicyclic) bond motifs is 1. The van der Waals surface area contributed by atoms with E-state index in [0.717, 1.165) is 0 Å². The topological polar surface area (TPSA) is 128 Å². The number of aryl methyl sites for hydroxylation is 1. The van der Waals surface area contributed by atoms with Gasteiger partial charge in [-0.1, -0.05) is 23.7 Å². The predicted octanol–water partition coefficient (Wildman–Crippen LogP) is 0.464. The number of halogens is 1. The van der Waals surface area contributed by atoms with E-state index in [2.05, 4.69) is 5.32 Å². The minimum absolute atomic E-state index is 0.0643. The first-order valence-corrected chi connectivity index (χ1v) is 6.27. The van der Waals surface area contributed by atoms with Crippen LogP contribution in [0, 0.1) is 6.92 Å². The Morgan fingerprint density at radius 3 is 2.38 bits per heavy atom. The summed E-state index contributed by atoms with van der Waals surface area (Å²) in [5.41, 5.74) is 10.9. The molecule has 1 heterocycles. The van der Waals surface area contributed by atoms with Crippen molar-refractivity contribution in [3.8, 4) is 0 Å². The summed E-state index contributed by atoms with van der Waals surface area (Å²) in [5.74, 6) is -2.95. The number of furan rings is 1. The van der Waals surface area contributed by atoms with Gasteiger partial charge in [-0.3, -0.25) is 14.4 Å². The third-order valence-corrected chi connectivity index (χ3v) is 3.26. The number of primary amides is 2. The lowest BCUT2D eigenvalue weighted by Gasteiger charge is -2.10. The molecule has 0 fully saturated rings. The lowest BCUT2D eigenvalue weighted by atomic mass is 10.1. The van der Waals surface area contributed by atoms with Gasteiger partial charge in [0.15, 0.2) is 17.4 Å². The number of para-hydroxylation sites is 1. The monoisotopic (exact) mass is 309 g/mol. The van der Waals surface area contributed by atoms with Gasteiger partial charge < -0.3 is 21.2 Å². The zero-order valence-corrected chi connectivity index (χ0v) is 11.7. The zero-order valence-electron chi connectivity index (χ0n) is 11.0. The van der Waals surface area contributed by atoms with Gasteiger partial charge >= 0.3 is 0 Å². The molecule has 2 rings (SSSR count). The maximum absolute atomic E-state index is 12.1. The fourth-order valence-electron chi connectivity index (χ4n) is 1.90. The van der Waals surface area contributed by atoms with Crippen molar-refractivity contribution in [3.05, 3.63) is 34.5 Å². The van der Waals surface area contributed by atoms with Gasteiger partial charge in [0.2, 0.25) is 11.8 Å². The Balaban J connectivity index is 2.40. The summed E-state index contributed by atoms with van der Waals surface area (Å²) < 4.78 is 5.40. The number of nitrogens with two attached hydrogens (primary N) is 2. The first-order valence-electron chi connectivity index (χ1n) is 5.90. The van der Waals surface area contributed by atoms with Gasteiger partial charge in [-0.15, -0.1) is 0 Å². The number of hydrogen-bond acceptors (Lipinski definition) is 4. The van der Waals surface area contributed by atoms with Crippen molar-refractivity contribution in [1.29, 1.82) is 0 Å². The second-order valence-electron chi connectivity index (χ2n) is 4.38. The molecule has 2 aromatic rings. The summed E-state index contributed by atoms with van der Waals surface area (Å²) in [6.45, 7) is 1.65. The van der Waals surface area contributed by atoms with Crippen LogP contribution in [-0.4, -0.2) is 23.8 Å². The molecular weight excluding hydrogens is 298 g/mol. The Bertz CT molecular complexity index is 739.